The first kappa shape index (κ1) is 17.2. The van der Waals surface area contributed by atoms with E-state index in [0.29, 0.717) is 12.5 Å². The van der Waals surface area contributed by atoms with Crippen molar-refractivity contribution in [2.24, 2.45) is 0 Å². The lowest BCUT2D eigenvalue weighted by Crippen LogP contribution is -2.26. The first-order valence-corrected chi connectivity index (χ1v) is 7.93. The van der Waals surface area contributed by atoms with Crippen LogP contribution in [0.5, 0.6) is 0 Å². The van der Waals surface area contributed by atoms with Gasteiger partial charge >= 0.3 is 0 Å². The molecule has 0 fully saturated rings. The first-order chi connectivity index (χ1) is 9.40. The lowest BCUT2D eigenvalue weighted by molar-refractivity contribution is -0.116. The van der Waals surface area contributed by atoms with Crippen LogP contribution in [0.1, 0.15) is 42.9 Å². The van der Waals surface area contributed by atoms with E-state index in [9.17, 15) is 4.79 Å². The summed E-state index contributed by atoms with van der Waals surface area (Å²) in [5, 5.41) is 6.28. The molecule has 0 saturated heterocycles. The largest absolute Gasteiger partial charge is 0.326 e. The Bertz CT molecular complexity index is 482. The number of carbonyl (C=O) groups is 1. The summed E-state index contributed by atoms with van der Waals surface area (Å²) in [5.74, 6) is 0.0839. The van der Waals surface area contributed by atoms with Crippen LogP contribution in [-0.2, 0) is 4.79 Å². The van der Waals surface area contributed by atoms with Gasteiger partial charge in [0, 0.05) is 22.6 Å². The van der Waals surface area contributed by atoms with E-state index in [4.69, 9.17) is 0 Å². The predicted molar refractivity (Wildman–Crippen MR) is 89.4 cm³/mol. The monoisotopic (exact) mass is 340 g/mol. The Balaban J connectivity index is 2.74. The molecule has 0 bridgehead atoms. The number of hydrogen-bond donors (Lipinski definition) is 2. The van der Waals surface area contributed by atoms with Crippen LogP contribution in [0.25, 0.3) is 0 Å². The summed E-state index contributed by atoms with van der Waals surface area (Å²) in [4.78, 5) is 12.1. The highest BCUT2D eigenvalue weighted by Crippen LogP contribution is 2.30. The predicted octanol–water partition coefficient (Wildman–Crippen LogP) is 4.09. The maximum atomic E-state index is 12.1. The third kappa shape index (κ3) is 4.32. The fraction of sp³-hybridized carbons (Fsp3) is 0.562. The van der Waals surface area contributed by atoms with Crippen molar-refractivity contribution in [3.63, 3.8) is 0 Å². The normalized spacial score (nSPS) is 12.3. The van der Waals surface area contributed by atoms with Crippen molar-refractivity contribution in [1.29, 1.82) is 0 Å². The van der Waals surface area contributed by atoms with Gasteiger partial charge in [0.1, 0.15) is 0 Å². The molecule has 1 aromatic rings. The molecule has 112 valence electrons. The Kier molecular flexibility index (Phi) is 6.69. The third-order valence-electron chi connectivity index (χ3n) is 3.76. The molecule has 0 aliphatic carbocycles. The van der Waals surface area contributed by atoms with E-state index < -0.39 is 0 Å². The van der Waals surface area contributed by atoms with Crippen LogP contribution in [-0.4, -0.2) is 19.0 Å². The van der Waals surface area contributed by atoms with Gasteiger partial charge in [-0.25, -0.2) is 0 Å². The van der Waals surface area contributed by atoms with E-state index in [0.717, 1.165) is 34.1 Å². The molecule has 0 saturated carbocycles. The van der Waals surface area contributed by atoms with Gasteiger partial charge in [-0.3, -0.25) is 4.79 Å². The second kappa shape index (κ2) is 7.79. The molecule has 1 amide bonds. The molecule has 0 heterocycles. The average molecular weight is 341 g/mol. The molecule has 1 unspecified atom stereocenters. The SMILES string of the molecule is CCC(CCC(=O)Nc1c(C)cc(C)c(Br)c1C)NC. The quantitative estimate of drug-likeness (QED) is 0.818. The minimum Gasteiger partial charge on any atom is -0.326 e. The smallest absolute Gasteiger partial charge is 0.224 e. The van der Waals surface area contributed by atoms with Crippen LogP contribution in [0.3, 0.4) is 0 Å². The Hall–Kier alpha value is -0.870. The molecule has 0 aliphatic heterocycles. The summed E-state index contributed by atoms with van der Waals surface area (Å²) in [6, 6.07) is 2.50. The summed E-state index contributed by atoms with van der Waals surface area (Å²) in [7, 11) is 1.94. The van der Waals surface area contributed by atoms with E-state index in [1.807, 2.05) is 20.9 Å². The Morgan fingerprint density at radius 1 is 1.30 bits per heavy atom. The van der Waals surface area contributed by atoms with E-state index in [-0.39, 0.29) is 5.91 Å². The second-order valence-corrected chi connectivity index (χ2v) is 6.10. The zero-order chi connectivity index (χ0) is 15.3. The van der Waals surface area contributed by atoms with Gasteiger partial charge in [-0.15, -0.1) is 0 Å². The van der Waals surface area contributed by atoms with Crippen molar-refractivity contribution in [3.8, 4) is 0 Å². The highest BCUT2D eigenvalue weighted by Gasteiger charge is 2.13. The summed E-state index contributed by atoms with van der Waals surface area (Å²) in [6.07, 6.45) is 2.45. The topological polar surface area (TPSA) is 41.1 Å². The number of amides is 1. The molecule has 0 aromatic heterocycles. The van der Waals surface area contributed by atoms with Crippen LogP contribution >= 0.6 is 15.9 Å². The molecule has 0 radical (unpaired) electrons. The minimum atomic E-state index is 0.0839. The number of nitrogens with one attached hydrogen (secondary N) is 2. The molecule has 1 atom stereocenters. The van der Waals surface area contributed by atoms with Crippen LogP contribution in [0.2, 0.25) is 0 Å². The van der Waals surface area contributed by atoms with Crippen LogP contribution in [0.15, 0.2) is 10.5 Å². The minimum absolute atomic E-state index is 0.0839. The van der Waals surface area contributed by atoms with E-state index in [2.05, 4.69) is 46.5 Å². The Morgan fingerprint density at radius 3 is 2.50 bits per heavy atom. The summed E-state index contributed by atoms with van der Waals surface area (Å²) in [5.41, 5.74) is 4.33. The molecule has 20 heavy (non-hydrogen) atoms. The lowest BCUT2D eigenvalue weighted by Gasteiger charge is -2.16. The summed E-state index contributed by atoms with van der Waals surface area (Å²) >= 11 is 3.58. The van der Waals surface area contributed by atoms with Crippen LogP contribution < -0.4 is 10.6 Å². The number of halogens is 1. The molecular weight excluding hydrogens is 316 g/mol. The number of anilines is 1. The summed E-state index contributed by atoms with van der Waals surface area (Å²) < 4.78 is 1.07. The fourth-order valence-electron chi connectivity index (χ4n) is 2.41. The van der Waals surface area contributed by atoms with Crippen molar-refractivity contribution in [2.45, 2.75) is 53.0 Å². The number of carbonyl (C=O) groups excluding carboxylic acids is 1. The van der Waals surface area contributed by atoms with Gasteiger partial charge in [-0.2, -0.15) is 0 Å². The number of rotatable bonds is 6. The molecule has 0 spiro atoms. The van der Waals surface area contributed by atoms with Gasteiger partial charge in [0.15, 0.2) is 0 Å². The van der Waals surface area contributed by atoms with E-state index in [1.54, 1.807) is 0 Å². The number of benzene rings is 1. The van der Waals surface area contributed by atoms with Gasteiger partial charge in [0.25, 0.3) is 0 Å². The van der Waals surface area contributed by atoms with Crippen molar-refractivity contribution >= 4 is 27.5 Å². The fourth-order valence-corrected chi connectivity index (χ4v) is 2.73. The zero-order valence-electron chi connectivity index (χ0n) is 13.1. The van der Waals surface area contributed by atoms with Gasteiger partial charge in [-0.05, 0) is 57.4 Å². The Labute approximate surface area is 130 Å². The molecule has 3 nitrogen and oxygen atoms in total. The first-order valence-electron chi connectivity index (χ1n) is 7.14. The van der Waals surface area contributed by atoms with Crippen molar-refractivity contribution < 1.29 is 4.79 Å². The number of aryl methyl sites for hydroxylation is 2. The van der Waals surface area contributed by atoms with Crippen molar-refractivity contribution in [1.82, 2.24) is 5.32 Å². The third-order valence-corrected chi connectivity index (χ3v) is 4.98. The van der Waals surface area contributed by atoms with Gasteiger partial charge < -0.3 is 10.6 Å². The standard InChI is InChI=1S/C16H25BrN2O/c1-6-13(18-5)7-8-14(20)19-16-11(3)9-10(2)15(17)12(16)4/h9,13,18H,6-8H2,1-5H3,(H,19,20). The molecular formula is C16H25BrN2O. The maximum Gasteiger partial charge on any atom is 0.224 e. The van der Waals surface area contributed by atoms with Crippen molar-refractivity contribution in [2.75, 3.05) is 12.4 Å². The zero-order valence-corrected chi connectivity index (χ0v) is 14.6. The van der Waals surface area contributed by atoms with Crippen LogP contribution in [0, 0.1) is 20.8 Å². The summed E-state index contributed by atoms with van der Waals surface area (Å²) in [6.45, 7) is 8.26. The van der Waals surface area contributed by atoms with Crippen LogP contribution in [0.4, 0.5) is 5.69 Å². The second-order valence-electron chi connectivity index (χ2n) is 5.31. The molecule has 1 aromatic carbocycles. The van der Waals surface area contributed by atoms with Gasteiger partial charge in [0.05, 0.1) is 0 Å². The van der Waals surface area contributed by atoms with Gasteiger partial charge in [-0.1, -0.05) is 28.9 Å². The highest BCUT2D eigenvalue weighted by atomic mass is 79.9. The molecule has 0 aliphatic rings. The Morgan fingerprint density at radius 2 is 1.95 bits per heavy atom. The molecule has 4 heteroatoms. The average Bonchev–Trinajstić information content (AvgIpc) is 2.42. The highest BCUT2D eigenvalue weighted by molar-refractivity contribution is 9.10. The van der Waals surface area contributed by atoms with Gasteiger partial charge in [0.2, 0.25) is 5.91 Å². The molecule has 1 rings (SSSR count). The lowest BCUT2D eigenvalue weighted by atomic mass is 10.0. The molecule has 2 N–H and O–H groups in total. The maximum absolute atomic E-state index is 12.1. The van der Waals surface area contributed by atoms with Crippen molar-refractivity contribution in [3.05, 3.63) is 27.2 Å². The van der Waals surface area contributed by atoms with E-state index in [1.165, 1.54) is 5.56 Å². The van der Waals surface area contributed by atoms with E-state index >= 15 is 0 Å². The number of hydrogen-bond acceptors (Lipinski definition) is 2.